The van der Waals surface area contributed by atoms with Gasteiger partial charge in [-0.2, -0.15) is 0 Å². The van der Waals surface area contributed by atoms with Crippen LogP contribution in [0.5, 0.6) is 5.75 Å². The van der Waals surface area contributed by atoms with Gasteiger partial charge in [0.25, 0.3) is 5.91 Å². The van der Waals surface area contributed by atoms with Gasteiger partial charge in [0.05, 0.1) is 7.11 Å². The third-order valence-electron chi connectivity index (χ3n) is 3.94. The van der Waals surface area contributed by atoms with E-state index in [1.807, 2.05) is 38.1 Å². The molecule has 0 spiro atoms. The standard InChI is InChI=1S/C18H17ClN2O2/c1-10-4-5-12(19)8-16(10)21-18(22)17-11(2)14-9-13(23-3)6-7-15(14)20-17/h4-9,20H,1-3H3,(H,21,22). The highest BCUT2D eigenvalue weighted by molar-refractivity contribution is 6.31. The Kier molecular flexibility index (Phi) is 4.01. The van der Waals surface area contributed by atoms with Crippen molar-refractivity contribution in [2.24, 2.45) is 0 Å². The number of hydrogen-bond donors (Lipinski definition) is 2. The number of nitrogens with one attached hydrogen (secondary N) is 2. The second-order valence-corrected chi connectivity index (χ2v) is 5.89. The van der Waals surface area contributed by atoms with Crippen LogP contribution in [0.2, 0.25) is 5.02 Å². The SMILES string of the molecule is COc1ccc2[nH]c(C(=O)Nc3cc(Cl)ccc3C)c(C)c2c1. The topological polar surface area (TPSA) is 54.1 Å². The van der Waals surface area contributed by atoms with Crippen LogP contribution in [-0.2, 0) is 0 Å². The van der Waals surface area contributed by atoms with E-state index < -0.39 is 0 Å². The molecule has 0 unspecified atom stereocenters. The number of carbonyl (C=O) groups is 1. The highest BCUT2D eigenvalue weighted by atomic mass is 35.5. The van der Waals surface area contributed by atoms with Crippen molar-refractivity contribution in [1.82, 2.24) is 4.98 Å². The van der Waals surface area contributed by atoms with Crippen molar-refractivity contribution in [3.05, 3.63) is 58.2 Å². The number of rotatable bonds is 3. The second-order valence-electron chi connectivity index (χ2n) is 5.45. The maximum absolute atomic E-state index is 12.6. The van der Waals surface area contributed by atoms with Crippen molar-refractivity contribution < 1.29 is 9.53 Å². The molecule has 23 heavy (non-hydrogen) atoms. The van der Waals surface area contributed by atoms with Gasteiger partial charge in [0.15, 0.2) is 0 Å². The number of anilines is 1. The fourth-order valence-corrected chi connectivity index (χ4v) is 2.75. The number of aromatic nitrogens is 1. The molecule has 4 nitrogen and oxygen atoms in total. The fourth-order valence-electron chi connectivity index (χ4n) is 2.57. The largest absolute Gasteiger partial charge is 0.497 e. The van der Waals surface area contributed by atoms with E-state index in [-0.39, 0.29) is 5.91 Å². The Labute approximate surface area is 139 Å². The number of fused-ring (bicyclic) bond motifs is 1. The number of halogens is 1. The lowest BCUT2D eigenvalue weighted by Crippen LogP contribution is -2.14. The number of benzene rings is 2. The minimum atomic E-state index is -0.192. The first-order valence-corrected chi connectivity index (χ1v) is 7.61. The number of methoxy groups -OCH3 is 1. The molecule has 1 aromatic heterocycles. The summed E-state index contributed by atoms with van der Waals surface area (Å²) in [7, 11) is 1.62. The highest BCUT2D eigenvalue weighted by Crippen LogP contribution is 2.27. The molecule has 0 radical (unpaired) electrons. The van der Waals surface area contributed by atoms with Gasteiger partial charge in [-0.15, -0.1) is 0 Å². The summed E-state index contributed by atoms with van der Waals surface area (Å²) in [5.74, 6) is 0.570. The van der Waals surface area contributed by atoms with E-state index in [2.05, 4.69) is 10.3 Å². The molecule has 0 aliphatic rings. The minimum Gasteiger partial charge on any atom is -0.497 e. The van der Waals surface area contributed by atoms with E-state index in [0.29, 0.717) is 16.4 Å². The van der Waals surface area contributed by atoms with E-state index in [9.17, 15) is 4.79 Å². The first-order valence-electron chi connectivity index (χ1n) is 7.23. The van der Waals surface area contributed by atoms with Crippen LogP contribution in [0.1, 0.15) is 21.6 Å². The van der Waals surface area contributed by atoms with Crippen LogP contribution in [0.15, 0.2) is 36.4 Å². The molecule has 0 aliphatic heterocycles. The Balaban J connectivity index is 1.97. The average molecular weight is 329 g/mol. The molecule has 0 bridgehead atoms. The van der Waals surface area contributed by atoms with Gasteiger partial charge in [0.1, 0.15) is 11.4 Å². The fraction of sp³-hybridized carbons (Fsp3) is 0.167. The van der Waals surface area contributed by atoms with Gasteiger partial charge in [0.2, 0.25) is 0 Å². The molecule has 0 atom stereocenters. The molecule has 0 fully saturated rings. The molecule has 2 N–H and O–H groups in total. The van der Waals surface area contributed by atoms with Crippen molar-refractivity contribution in [2.45, 2.75) is 13.8 Å². The number of amides is 1. The van der Waals surface area contributed by atoms with Crippen molar-refractivity contribution in [3.63, 3.8) is 0 Å². The van der Waals surface area contributed by atoms with Crippen molar-refractivity contribution >= 4 is 34.1 Å². The zero-order valence-corrected chi connectivity index (χ0v) is 13.9. The summed E-state index contributed by atoms with van der Waals surface area (Å²) < 4.78 is 5.24. The van der Waals surface area contributed by atoms with Crippen LogP contribution >= 0.6 is 11.6 Å². The summed E-state index contributed by atoms with van der Waals surface area (Å²) in [6, 6.07) is 11.1. The third-order valence-corrected chi connectivity index (χ3v) is 4.18. The second kappa shape index (κ2) is 5.97. The summed E-state index contributed by atoms with van der Waals surface area (Å²) in [4.78, 5) is 15.8. The van der Waals surface area contributed by atoms with Crippen LogP contribution in [0, 0.1) is 13.8 Å². The van der Waals surface area contributed by atoms with E-state index in [1.165, 1.54) is 0 Å². The molecule has 1 amide bonds. The number of H-pyrrole nitrogens is 1. The maximum Gasteiger partial charge on any atom is 0.272 e. The van der Waals surface area contributed by atoms with Crippen molar-refractivity contribution in [2.75, 3.05) is 12.4 Å². The van der Waals surface area contributed by atoms with Gasteiger partial charge in [-0.1, -0.05) is 17.7 Å². The smallest absolute Gasteiger partial charge is 0.272 e. The molecule has 118 valence electrons. The predicted octanol–water partition coefficient (Wildman–Crippen LogP) is 4.70. The average Bonchev–Trinajstić information content (AvgIpc) is 2.87. The van der Waals surface area contributed by atoms with E-state index in [4.69, 9.17) is 16.3 Å². The quantitative estimate of drug-likeness (QED) is 0.732. The monoisotopic (exact) mass is 328 g/mol. The van der Waals surface area contributed by atoms with Crippen molar-refractivity contribution in [3.8, 4) is 5.75 Å². The lowest BCUT2D eigenvalue weighted by Gasteiger charge is -2.08. The van der Waals surface area contributed by atoms with Gasteiger partial charge in [-0.05, 0) is 55.3 Å². The number of aromatic amines is 1. The zero-order valence-electron chi connectivity index (χ0n) is 13.2. The van der Waals surface area contributed by atoms with E-state index in [0.717, 1.165) is 27.8 Å². The summed E-state index contributed by atoms with van der Waals surface area (Å²) in [5, 5.41) is 4.47. The predicted molar refractivity (Wildman–Crippen MR) is 93.7 cm³/mol. The first-order chi connectivity index (χ1) is 11.0. The van der Waals surface area contributed by atoms with E-state index in [1.54, 1.807) is 19.2 Å². The number of aryl methyl sites for hydroxylation is 2. The molecule has 0 aliphatic carbocycles. The third kappa shape index (κ3) is 2.90. The molecule has 3 aromatic rings. The Morgan fingerprint density at radius 2 is 1.96 bits per heavy atom. The summed E-state index contributed by atoms with van der Waals surface area (Å²) in [5.41, 5.74) is 3.98. The van der Waals surface area contributed by atoms with Crippen LogP contribution in [0.4, 0.5) is 5.69 Å². The van der Waals surface area contributed by atoms with Crippen LogP contribution in [-0.4, -0.2) is 18.0 Å². The highest BCUT2D eigenvalue weighted by Gasteiger charge is 2.16. The zero-order chi connectivity index (χ0) is 16.6. The van der Waals surface area contributed by atoms with Gasteiger partial charge < -0.3 is 15.0 Å². The summed E-state index contributed by atoms with van der Waals surface area (Å²) >= 11 is 6.00. The molecule has 3 rings (SSSR count). The molecule has 5 heteroatoms. The van der Waals surface area contributed by atoms with E-state index >= 15 is 0 Å². The molecule has 0 saturated carbocycles. The van der Waals surface area contributed by atoms with Crippen LogP contribution in [0.25, 0.3) is 10.9 Å². The minimum absolute atomic E-state index is 0.192. The number of hydrogen-bond acceptors (Lipinski definition) is 2. The van der Waals surface area contributed by atoms with Crippen molar-refractivity contribution in [1.29, 1.82) is 0 Å². The van der Waals surface area contributed by atoms with Crippen LogP contribution < -0.4 is 10.1 Å². The normalized spacial score (nSPS) is 10.8. The molecule has 0 saturated heterocycles. The van der Waals surface area contributed by atoms with Gasteiger partial charge in [-0.25, -0.2) is 0 Å². The van der Waals surface area contributed by atoms with Gasteiger partial charge in [0, 0.05) is 21.6 Å². The Morgan fingerprint density at radius 3 is 2.70 bits per heavy atom. The van der Waals surface area contributed by atoms with Crippen LogP contribution in [0.3, 0.4) is 0 Å². The lowest BCUT2D eigenvalue weighted by molar-refractivity contribution is 0.102. The maximum atomic E-state index is 12.6. The Morgan fingerprint density at radius 1 is 1.17 bits per heavy atom. The molecule has 2 aromatic carbocycles. The molecular weight excluding hydrogens is 312 g/mol. The van der Waals surface area contributed by atoms with Gasteiger partial charge in [-0.3, -0.25) is 4.79 Å². The molecular formula is C18H17ClN2O2. The Bertz CT molecular complexity index is 899. The number of carbonyl (C=O) groups excluding carboxylic acids is 1. The summed E-state index contributed by atoms with van der Waals surface area (Å²) in [6.45, 7) is 3.84. The lowest BCUT2D eigenvalue weighted by atomic mass is 10.1. The Hall–Kier alpha value is -2.46. The molecule has 1 heterocycles. The first kappa shape index (κ1) is 15.4. The summed E-state index contributed by atoms with van der Waals surface area (Å²) in [6.07, 6.45) is 0. The number of ether oxygens (including phenoxy) is 1. The van der Waals surface area contributed by atoms with Gasteiger partial charge >= 0.3 is 0 Å².